The van der Waals surface area contributed by atoms with Gasteiger partial charge in [0.25, 0.3) is 0 Å². The summed E-state index contributed by atoms with van der Waals surface area (Å²) in [7, 11) is 0. The van der Waals surface area contributed by atoms with Crippen molar-refractivity contribution in [3.63, 3.8) is 0 Å². The van der Waals surface area contributed by atoms with Crippen molar-refractivity contribution < 1.29 is 0 Å². The maximum atomic E-state index is 5.09. The molecule has 0 saturated heterocycles. The van der Waals surface area contributed by atoms with Crippen LogP contribution in [-0.4, -0.2) is 15.0 Å². The number of fused-ring (bicyclic) bond motifs is 3. The van der Waals surface area contributed by atoms with Crippen LogP contribution in [0.4, 0.5) is 0 Å². The molecule has 202 valence electrons. The van der Waals surface area contributed by atoms with Gasteiger partial charge in [0.15, 0.2) is 17.5 Å². The molecule has 6 aromatic carbocycles. The van der Waals surface area contributed by atoms with E-state index in [1.807, 2.05) is 36.4 Å². The van der Waals surface area contributed by atoms with E-state index in [1.165, 1.54) is 36.9 Å². The first kappa shape index (κ1) is 25.3. The Labute approximate surface area is 253 Å². The minimum Gasteiger partial charge on any atom is -0.208 e. The van der Waals surface area contributed by atoms with Crippen LogP contribution in [-0.2, 0) is 0 Å². The average Bonchev–Trinajstić information content (AvgIpc) is 3.49. The monoisotopic (exact) mass is 567 g/mol. The minimum atomic E-state index is 0.659. The van der Waals surface area contributed by atoms with Crippen LogP contribution >= 0.6 is 11.3 Å². The molecule has 2 aromatic heterocycles. The maximum Gasteiger partial charge on any atom is 0.165 e. The second kappa shape index (κ2) is 10.8. The molecule has 0 radical (unpaired) electrons. The predicted octanol–water partition coefficient (Wildman–Crippen LogP) is 10.6. The van der Waals surface area contributed by atoms with Gasteiger partial charge in [-0.3, -0.25) is 0 Å². The van der Waals surface area contributed by atoms with E-state index in [-0.39, 0.29) is 0 Å². The van der Waals surface area contributed by atoms with Crippen molar-refractivity contribution in [1.29, 1.82) is 0 Å². The summed E-state index contributed by atoms with van der Waals surface area (Å²) < 4.78 is 2.43. The Morgan fingerprint density at radius 2 is 0.837 bits per heavy atom. The average molecular weight is 568 g/mol. The Hall–Kier alpha value is -5.45. The van der Waals surface area contributed by atoms with Gasteiger partial charge in [-0.1, -0.05) is 140 Å². The van der Waals surface area contributed by atoms with Crippen LogP contribution in [0.3, 0.4) is 0 Å². The van der Waals surface area contributed by atoms with Crippen LogP contribution in [0, 0.1) is 0 Å². The number of hydrogen-bond donors (Lipinski definition) is 0. The molecule has 0 bridgehead atoms. The summed E-state index contributed by atoms with van der Waals surface area (Å²) in [6.07, 6.45) is 0. The summed E-state index contributed by atoms with van der Waals surface area (Å²) in [4.78, 5) is 15.1. The quantitative estimate of drug-likeness (QED) is 0.208. The number of nitrogens with zero attached hydrogens (tertiary/aromatic N) is 3. The standard InChI is InChI=1S/C39H25N3S/c1-4-12-26(13-5-1)27-22-24-30(25-23-27)38-40-37(29-16-8-3-9-17-29)41-39(42-38)33-20-10-19-32-35-31(28-14-6-2-7-15-28)18-11-21-34(35)43-36(32)33/h1-25H. The van der Waals surface area contributed by atoms with Crippen LogP contribution in [0.25, 0.3) is 76.6 Å². The first-order valence-corrected chi connectivity index (χ1v) is 15.1. The number of hydrogen-bond acceptors (Lipinski definition) is 4. The molecule has 0 aliphatic carbocycles. The molecule has 0 fully saturated rings. The molecule has 0 saturated carbocycles. The summed E-state index contributed by atoms with van der Waals surface area (Å²) in [6.45, 7) is 0. The molecule has 8 rings (SSSR count). The fraction of sp³-hybridized carbons (Fsp3) is 0. The van der Waals surface area contributed by atoms with Crippen molar-refractivity contribution >= 4 is 31.5 Å². The van der Waals surface area contributed by atoms with Crippen LogP contribution in [0.2, 0.25) is 0 Å². The number of benzene rings is 6. The maximum absolute atomic E-state index is 5.09. The fourth-order valence-electron chi connectivity index (χ4n) is 5.67. The second-order valence-electron chi connectivity index (χ2n) is 10.4. The normalized spacial score (nSPS) is 11.3. The summed E-state index contributed by atoms with van der Waals surface area (Å²) in [6, 6.07) is 52.6. The molecule has 2 heterocycles. The largest absolute Gasteiger partial charge is 0.208 e. The van der Waals surface area contributed by atoms with Gasteiger partial charge in [-0.15, -0.1) is 11.3 Å². The van der Waals surface area contributed by atoms with Gasteiger partial charge >= 0.3 is 0 Å². The first-order valence-electron chi connectivity index (χ1n) is 14.3. The summed E-state index contributed by atoms with van der Waals surface area (Å²) in [5.41, 5.74) is 7.72. The third-order valence-corrected chi connectivity index (χ3v) is 8.97. The molecule has 4 heteroatoms. The number of thiophene rings is 1. The molecular weight excluding hydrogens is 543 g/mol. The third kappa shape index (κ3) is 4.68. The third-order valence-electron chi connectivity index (χ3n) is 7.77. The smallest absolute Gasteiger partial charge is 0.165 e. The van der Waals surface area contributed by atoms with Crippen LogP contribution < -0.4 is 0 Å². The van der Waals surface area contributed by atoms with E-state index < -0.39 is 0 Å². The molecule has 8 aromatic rings. The van der Waals surface area contributed by atoms with E-state index in [0.29, 0.717) is 17.5 Å². The van der Waals surface area contributed by atoms with Crippen molar-refractivity contribution in [2.75, 3.05) is 0 Å². The summed E-state index contributed by atoms with van der Waals surface area (Å²) in [5.74, 6) is 2.00. The minimum absolute atomic E-state index is 0.659. The lowest BCUT2D eigenvalue weighted by Gasteiger charge is -2.10. The van der Waals surface area contributed by atoms with E-state index in [0.717, 1.165) is 22.3 Å². The second-order valence-corrected chi connectivity index (χ2v) is 11.5. The highest BCUT2D eigenvalue weighted by molar-refractivity contribution is 7.26. The Morgan fingerprint density at radius 3 is 1.51 bits per heavy atom. The van der Waals surface area contributed by atoms with Crippen molar-refractivity contribution in [3.8, 4) is 56.4 Å². The molecule has 0 aliphatic heterocycles. The summed E-state index contributed by atoms with van der Waals surface area (Å²) >= 11 is 1.79. The van der Waals surface area contributed by atoms with Crippen molar-refractivity contribution in [2.24, 2.45) is 0 Å². The van der Waals surface area contributed by atoms with Gasteiger partial charge in [0.1, 0.15) is 0 Å². The van der Waals surface area contributed by atoms with E-state index in [2.05, 4.69) is 115 Å². The van der Waals surface area contributed by atoms with Gasteiger partial charge in [-0.2, -0.15) is 0 Å². The van der Waals surface area contributed by atoms with Crippen LogP contribution in [0.1, 0.15) is 0 Å². The zero-order chi connectivity index (χ0) is 28.6. The molecule has 0 aliphatic rings. The van der Waals surface area contributed by atoms with Gasteiger partial charge in [-0.25, -0.2) is 15.0 Å². The van der Waals surface area contributed by atoms with Gasteiger partial charge in [-0.05, 0) is 34.4 Å². The van der Waals surface area contributed by atoms with E-state index in [4.69, 9.17) is 15.0 Å². The highest BCUT2D eigenvalue weighted by atomic mass is 32.1. The van der Waals surface area contributed by atoms with Gasteiger partial charge in [0.05, 0.1) is 0 Å². The topological polar surface area (TPSA) is 38.7 Å². The van der Waals surface area contributed by atoms with Gasteiger partial charge in [0, 0.05) is 36.9 Å². The fourth-order valence-corrected chi connectivity index (χ4v) is 6.90. The zero-order valence-corrected chi connectivity index (χ0v) is 24.0. The van der Waals surface area contributed by atoms with Crippen molar-refractivity contribution in [3.05, 3.63) is 152 Å². The molecule has 0 N–H and O–H groups in total. The number of aromatic nitrogens is 3. The molecule has 0 spiro atoms. The van der Waals surface area contributed by atoms with E-state index >= 15 is 0 Å². The van der Waals surface area contributed by atoms with E-state index in [9.17, 15) is 0 Å². The Morgan fingerprint density at radius 1 is 0.349 bits per heavy atom. The van der Waals surface area contributed by atoms with Gasteiger partial charge in [0.2, 0.25) is 0 Å². The van der Waals surface area contributed by atoms with Crippen LogP contribution in [0.5, 0.6) is 0 Å². The van der Waals surface area contributed by atoms with Crippen molar-refractivity contribution in [2.45, 2.75) is 0 Å². The van der Waals surface area contributed by atoms with E-state index in [1.54, 1.807) is 11.3 Å². The van der Waals surface area contributed by atoms with Gasteiger partial charge < -0.3 is 0 Å². The van der Waals surface area contributed by atoms with Crippen LogP contribution in [0.15, 0.2) is 152 Å². The molecule has 0 amide bonds. The van der Waals surface area contributed by atoms with Crippen molar-refractivity contribution in [1.82, 2.24) is 15.0 Å². The zero-order valence-electron chi connectivity index (χ0n) is 23.2. The SMILES string of the molecule is c1ccc(-c2ccc(-c3nc(-c4ccccc4)nc(-c4cccc5c4sc4cccc(-c6ccccc6)c45)n3)cc2)cc1. The lowest BCUT2D eigenvalue weighted by molar-refractivity contribution is 1.08. The summed E-state index contributed by atoms with van der Waals surface area (Å²) in [5, 5.41) is 2.48. The first-order chi connectivity index (χ1) is 21.3. The molecule has 0 atom stereocenters. The highest BCUT2D eigenvalue weighted by Gasteiger charge is 2.18. The lowest BCUT2D eigenvalue weighted by Crippen LogP contribution is -2.00. The predicted molar refractivity (Wildman–Crippen MR) is 180 cm³/mol. The Kier molecular flexibility index (Phi) is 6.32. The Bertz CT molecular complexity index is 2210. The Balaban J connectivity index is 1.31. The molecule has 43 heavy (non-hydrogen) atoms. The lowest BCUT2D eigenvalue weighted by atomic mass is 9.99. The molecule has 0 unspecified atom stereocenters. The molecule has 3 nitrogen and oxygen atoms in total. The highest BCUT2D eigenvalue weighted by Crippen LogP contribution is 2.43. The number of rotatable bonds is 5. The molecular formula is C39H25N3S.